The number of aliphatic hydroxyl groups excluding tert-OH is 1. The van der Waals surface area contributed by atoms with Crippen LogP contribution in [-0.2, 0) is 0 Å². The predicted octanol–water partition coefficient (Wildman–Crippen LogP) is 1.33. The molecule has 3 heteroatoms. The fourth-order valence-electron chi connectivity index (χ4n) is 1.72. The van der Waals surface area contributed by atoms with Crippen LogP contribution in [0.5, 0.6) is 0 Å². The van der Waals surface area contributed by atoms with Gasteiger partial charge in [0.05, 0.1) is 0 Å². The first kappa shape index (κ1) is 10.5. The minimum absolute atomic E-state index is 0.360. The van der Waals surface area contributed by atoms with Crippen molar-refractivity contribution in [1.29, 1.82) is 0 Å². The van der Waals surface area contributed by atoms with Crippen molar-refractivity contribution < 1.29 is 5.11 Å². The van der Waals surface area contributed by atoms with Crippen LogP contribution in [0.4, 0.5) is 0 Å². The first-order valence-electron chi connectivity index (χ1n) is 4.65. The van der Waals surface area contributed by atoms with Crippen molar-refractivity contribution in [1.82, 2.24) is 4.90 Å². The number of likely N-dealkylation sites (tertiary alicyclic amines) is 1. The highest BCUT2D eigenvalue weighted by Gasteiger charge is 2.22. The average molecular weight is 236 g/mol. The van der Waals surface area contributed by atoms with E-state index in [9.17, 15) is 0 Å². The van der Waals surface area contributed by atoms with E-state index < -0.39 is 0 Å². The van der Waals surface area contributed by atoms with E-state index in [1.54, 1.807) is 0 Å². The lowest BCUT2D eigenvalue weighted by Gasteiger charge is -2.18. The molecule has 1 rings (SSSR count). The Morgan fingerprint density at radius 1 is 1.67 bits per heavy atom. The molecule has 1 heterocycles. The summed E-state index contributed by atoms with van der Waals surface area (Å²) in [7, 11) is 0. The van der Waals surface area contributed by atoms with Crippen LogP contribution in [0.2, 0.25) is 0 Å². The molecule has 0 spiro atoms. The van der Waals surface area contributed by atoms with Crippen molar-refractivity contribution in [3.05, 3.63) is 0 Å². The quantitative estimate of drug-likeness (QED) is 0.744. The number of hydrogen-bond acceptors (Lipinski definition) is 2. The van der Waals surface area contributed by atoms with E-state index >= 15 is 0 Å². The normalized spacial score (nSPS) is 27.8. The van der Waals surface area contributed by atoms with E-state index in [-0.39, 0.29) is 0 Å². The second kappa shape index (κ2) is 5.20. The van der Waals surface area contributed by atoms with Crippen LogP contribution in [0.3, 0.4) is 0 Å². The Kier molecular flexibility index (Phi) is 4.54. The molecule has 0 radical (unpaired) electrons. The molecule has 0 amide bonds. The van der Waals surface area contributed by atoms with Gasteiger partial charge in [0, 0.05) is 25.0 Å². The average Bonchev–Trinajstić information content (AvgIpc) is 2.52. The van der Waals surface area contributed by atoms with Gasteiger partial charge in [0.25, 0.3) is 0 Å². The topological polar surface area (TPSA) is 23.5 Å². The number of halogens is 1. The van der Waals surface area contributed by atoms with Gasteiger partial charge in [-0.2, -0.15) is 0 Å². The fourth-order valence-corrected chi connectivity index (χ4v) is 1.92. The van der Waals surface area contributed by atoms with Crippen LogP contribution < -0.4 is 0 Å². The zero-order valence-corrected chi connectivity index (χ0v) is 9.26. The maximum Gasteiger partial charge on any atom is 0.0471 e. The maximum absolute atomic E-state index is 8.94. The first-order chi connectivity index (χ1) is 5.76. The molecule has 0 aromatic rings. The van der Waals surface area contributed by atoms with Gasteiger partial charge in [0.1, 0.15) is 0 Å². The van der Waals surface area contributed by atoms with Gasteiger partial charge in [0.15, 0.2) is 0 Å². The van der Waals surface area contributed by atoms with Crippen LogP contribution in [0.15, 0.2) is 0 Å². The monoisotopic (exact) mass is 235 g/mol. The Hall–Kier alpha value is 0.400. The molecule has 1 aliphatic heterocycles. The second-order valence-electron chi connectivity index (χ2n) is 3.86. The van der Waals surface area contributed by atoms with Gasteiger partial charge in [-0.05, 0) is 24.8 Å². The highest BCUT2D eigenvalue weighted by atomic mass is 79.9. The zero-order valence-electron chi connectivity index (χ0n) is 7.67. The largest absolute Gasteiger partial charge is 0.396 e. The minimum Gasteiger partial charge on any atom is -0.396 e. The van der Waals surface area contributed by atoms with Crippen LogP contribution in [0.25, 0.3) is 0 Å². The summed E-state index contributed by atoms with van der Waals surface area (Å²) in [5.74, 6) is 1.26. The summed E-state index contributed by atoms with van der Waals surface area (Å²) in [6, 6.07) is 0. The van der Waals surface area contributed by atoms with Gasteiger partial charge >= 0.3 is 0 Å². The van der Waals surface area contributed by atoms with Gasteiger partial charge in [-0.1, -0.05) is 22.9 Å². The van der Waals surface area contributed by atoms with Crippen molar-refractivity contribution in [3.63, 3.8) is 0 Å². The summed E-state index contributed by atoms with van der Waals surface area (Å²) in [4.78, 5) is 2.45. The van der Waals surface area contributed by atoms with E-state index in [0.29, 0.717) is 12.5 Å². The summed E-state index contributed by atoms with van der Waals surface area (Å²) in [6.45, 7) is 6.04. The van der Waals surface area contributed by atoms with Gasteiger partial charge in [-0.15, -0.1) is 0 Å². The molecule has 1 fully saturated rings. The molecule has 0 bridgehead atoms. The summed E-state index contributed by atoms with van der Waals surface area (Å²) in [5, 5.41) is 10.0. The summed E-state index contributed by atoms with van der Waals surface area (Å²) < 4.78 is 0. The molecule has 72 valence electrons. The molecule has 2 nitrogen and oxygen atoms in total. The molecule has 0 aromatic carbocycles. The lowest BCUT2D eigenvalue weighted by molar-refractivity contribution is 0.217. The van der Waals surface area contributed by atoms with E-state index in [2.05, 4.69) is 27.8 Å². The van der Waals surface area contributed by atoms with Crippen LogP contribution >= 0.6 is 15.9 Å². The van der Waals surface area contributed by atoms with E-state index in [4.69, 9.17) is 5.11 Å². The van der Waals surface area contributed by atoms with Crippen LogP contribution in [-0.4, -0.2) is 41.6 Å². The highest BCUT2D eigenvalue weighted by Crippen LogP contribution is 2.17. The van der Waals surface area contributed by atoms with Gasteiger partial charge in [-0.3, -0.25) is 0 Å². The molecule has 2 atom stereocenters. The fraction of sp³-hybridized carbons (Fsp3) is 1.00. The number of rotatable bonds is 4. The van der Waals surface area contributed by atoms with Gasteiger partial charge < -0.3 is 10.0 Å². The molecule has 1 aliphatic rings. The van der Waals surface area contributed by atoms with Crippen molar-refractivity contribution >= 4 is 15.9 Å². The summed E-state index contributed by atoms with van der Waals surface area (Å²) >= 11 is 3.48. The van der Waals surface area contributed by atoms with Crippen molar-refractivity contribution in [2.45, 2.75) is 13.3 Å². The van der Waals surface area contributed by atoms with E-state index in [0.717, 1.165) is 17.8 Å². The maximum atomic E-state index is 8.94. The van der Waals surface area contributed by atoms with E-state index in [1.807, 2.05) is 0 Å². The molecule has 0 aliphatic carbocycles. The predicted molar refractivity (Wildman–Crippen MR) is 54.6 cm³/mol. The van der Waals surface area contributed by atoms with Crippen LogP contribution in [0.1, 0.15) is 13.3 Å². The molecular formula is C9H18BrNO. The van der Waals surface area contributed by atoms with Crippen molar-refractivity contribution in [3.8, 4) is 0 Å². The standard InChI is InChI=1S/C9H18BrNO/c1-8(4-10)5-11-3-2-9(6-11)7-12/h8-9,12H,2-7H2,1H3. The number of nitrogens with zero attached hydrogens (tertiary/aromatic N) is 1. The third-order valence-corrected chi connectivity index (χ3v) is 3.57. The number of aliphatic hydroxyl groups is 1. The smallest absolute Gasteiger partial charge is 0.0471 e. The van der Waals surface area contributed by atoms with Crippen LogP contribution in [0, 0.1) is 11.8 Å². The molecular weight excluding hydrogens is 218 g/mol. The Morgan fingerprint density at radius 2 is 2.42 bits per heavy atom. The molecule has 0 aromatic heterocycles. The number of alkyl halides is 1. The minimum atomic E-state index is 0.360. The molecule has 1 saturated heterocycles. The van der Waals surface area contributed by atoms with E-state index in [1.165, 1.54) is 19.5 Å². The Labute approximate surface area is 83.1 Å². The molecule has 0 saturated carbocycles. The third kappa shape index (κ3) is 3.04. The molecule has 1 N–H and O–H groups in total. The SMILES string of the molecule is CC(CBr)CN1CCC(CO)C1. The Balaban J connectivity index is 2.18. The van der Waals surface area contributed by atoms with Gasteiger partial charge in [-0.25, -0.2) is 0 Å². The van der Waals surface area contributed by atoms with Crippen molar-refractivity contribution in [2.75, 3.05) is 31.6 Å². The molecule has 12 heavy (non-hydrogen) atoms. The summed E-state index contributed by atoms with van der Waals surface area (Å²) in [6.07, 6.45) is 1.17. The first-order valence-corrected chi connectivity index (χ1v) is 5.77. The summed E-state index contributed by atoms with van der Waals surface area (Å²) in [5.41, 5.74) is 0. The Morgan fingerprint density at radius 3 is 2.92 bits per heavy atom. The second-order valence-corrected chi connectivity index (χ2v) is 4.50. The lowest BCUT2D eigenvalue weighted by Crippen LogP contribution is -2.27. The van der Waals surface area contributed by atoms with Crippen molar-refractivity contribution in [2.24, 2.45) is 11.8 Å². The number of hydrogen-bond donors (Lipinski definition) is 1. The lowest BCUT2D eigenvalue weighted by atomic mass is 10.1. The Bertz CT molecular complexity index is 132. The molecule has 2 unspecified atom stereocenters. The van der Waals surface area contributed by atoms with Gasteiger partial charge in [0.2, 0.25) is 0 Å². The zero-order chi connectivity index (χ0) is 8.97. The third-order valence-electron chi connectivity index (χ3n) is 2.46. The highest BCUT2D eigenvalue weighted by molar-refractivity contribution is 9.09.